The van der Waals surface area contributed by atoms with E-state index in [1.165, 1.54) is 0 Å². The van der Waals surface area contributed by atoms with E-state index < -0.39 is 6.17 Å². The molecule has 0 radical (unpaired) electrons. The van der Waals surface area contributed by atoms with Crippen molar-refractivity contribution in [1.29, 1.82) is 0 Å². The Balaban J connectivity index is 2.01. The van der Waals surface area contributed by atoms with Crippen LogP contribution in [0.25, 0.3) is 11.4 Å². The molecule has 0 saturated heterocycles. The van der Waals surface area contributed by atoms with Gasteiger partial charge in [0.15, 0.2) is 0 Å². The molecule has 0 bridgehead atoms. The number of hydrogen-bond donors (Lipinski definition) is 2. The van der Waals surface area contributed by atoms with E-state index in [0.29, 0.717) is 12.2 Å². The fraction of sp³-hybridized carbons (Fsp3) is 0.409. The van der Waals surface area contributed by atoms with Gasteiger partial charge in [0.25, 0.3) is 0 Å². The number of aromatic nitrogens is 4. The number of nitrogens with one attached hydrogen (secondary N) is 1. The largest absolute Gasteiger partial charge is 0.328 e. The average molecular weight is 397 g/mol. The second kappa shape index (κ2) is 9.24. The van der Waals surface area contributed by atoms with Crippen molar-refractivity contribution in [1.82, 2.24) is 24.8 Å². The van der Waals surface area contributed by atoms with Gasteiger partial charge in [-0.2, -0.15) is 0 Å². The van der Waals surface area contributed by atoms with Crippen molar-refractivity contribution >= 4 is 0 Å². The predicted octanol–water partition coefficient (Wildman–Crippen LogP) is 3.36. The molecule has 0 amide bonds. The van der Waals surface area contributed by atoms with Crippen LogP contribution in [0.4, 0.5) is 4.39 Å². The van der Waals surface area contributed by atoms with Crippen molar-refractivity contribution in [2.75, 3.05) is 13.1 Å². The van der Waals surface area contributed by atoms with Gasteiger partial charge in [0.1, 0.15) is 23.4 Å². The van der Waals surface area contributed by atoms with Gasteiger partial charge in [-0.25, -0.2) is 9.37 Å². The molecule has 0 unspecified atom stereocenters. The van der Waals surface area contributed by atoms with Gasteiger partial charge in [-0.3, -0.25) is 9.97 Å². The van der Waals surface area contributed by atoms with E-state index in [9.17, 15) is 4.39 Å². The molecule has 0 aliphatic rings. The molecule has 7 heteroatoms. The number of benzene rings is 1. The van der Waals surface area contributed by atoms with E-state index >= 15 is 0 Å². The highest BCUT2D eigenvalue weighted by atomic mass is 19.1. The number of rotatable bonds is 8. The van der Waals surface area contributed by atoms with Crippen LogP contribution < -0.4 is 11.1 Å². The van der Waals surface area contributed by atoms with Gasteiger partial charge in [0.05, 0.1) is 12.2 Å². The van der Waals surface area contributed by atoms with Crippen LogP contribution in [0.5, 0.6) is 0 Å². The van der Waals surface area contributed by atoms with Crippen molar-refractivity contribution in [3.63, 3.8) is 0 Å². The summed E-state index contributed by atoms with van der Waals surface area (Å²) >= 11 is 0. The van der Waals surface area contributed by atoms with Gasteiger partial charge < -0.3 is 15.6 Å². The molecule has 3 rings (SSSR count). The third-order valence-corrected chi connectivity index (χ3v) is 4.75. The molecule has 0 spiro atoms. The Morgan fingerprint density at radius 2 is 1.90 bits per heavy atom. The summed E-state index contributed by atoms with van der Waals surface area (Å²) in [5, 5.41) is 3.34. The van der Waals surface area contributed by atoms with Crippen LogP contribution in [-0.4, -0.2) is 38.8 Å². The zero-order valence-corrected chi connectivity index (χ0v) is 17.2. The second-order valence-corrected chi connectivity index (χ2v) is 8.23. The maximum absolute atomic E-state index is 13.9. The first-order chi connectivity index (χ1) is 13.9. The lowest BCUT2D eigenvalue weighted by atomic mass is 9.86. The first-order valence-electron chi connectivity index (χ1n) is 9.83. The Kier molecular flexibility index (Phi) is 6.71. The Hall–Kier alpha value is -2.64. The van der Waals surface area contributed by atoms with E-state index in [0.717, 1.165) is 17.1 Å². The summed E-state index contributed by atoms with van der Waals surface area (Å²) in [4.78, 5) is 13.4. The van der Waals surface area contributed by atoms with Crippen LogP contribution >= 0.6 is 0 Å². The van der Waals surface area contributed by atoms with Crippen LogP contribution in [0.15, 0.2) is 55.1 Å². The standard InChI is InChI=1S/C22H29FN6/c1-22(2,3)20(27-12-17(23)11-24)21-28-19(18-13-25-9-10-26-18)15-29(21)14-16-7-5-4-6-8-16/h4-10,13,15,17,20,27H,11-12,14,24H2,1-3H3/t17-,20+/m1/s1. The molecule has 3 N–H and O–H groups in total. The van der Waals surface area contributed by atoms with Gasteiger partial charge in [0.2, 0.25) is 0 Å². The Labute approximate surface area is 171 Å². The lowest BCUT2D eigenvalue weighted by molar-refractivity contribution is 0.227. The van der Waals surface area contributed by atoms with Crippen molar-refractivity contribution < 1.29 is 4.39 Å². The van der Waals surface area contributed by atoms with Crippen LogP contribution in [0.1, 0.15) is 38.2 Å². The van der Waals surface area contributed by atoms with Gasteiger partial charge in [-0.15, -0.1) is 0 Å². The predicted molar refractivity (Wildman–Crippen MR) is 113 cm³/mol. The van der Waals surface area contributed by atoms with Gasteiger partial charge in [0, 0.05) is 38.2 Å². The zero-order chi connectivity index (χ0) is 20.9. The van der Waals surface area contributed by atoms with Gasteiger partial charge >= 0.3 is 0 Å². The fourth-order valence-electron chi connectivity index (χ4n) is 3.24. The molecule has 6 nitrogen and oxygen atoms in total. The molecule has 2 aromatic heterocycles. The van der Waals surface area contributed by atoms with Crippen molar-refractivity contribution in [3.05, 3.63) is 66.5 Å². The molecule has 0 saturated carbocycles. The Bertz CT molecular complexity index is 889. The molecule has 0 fully saturated rings. The van der Waals surface area contributed by atoms with E-state index in [2.05, 4.69) is 52.8 Å². The number of hydrogen-bond acceptors (Lipinski definition) is 5. The summed E-state index contributed by atoms with van der Waals surface area (Å²) in [6.07, 6.45) is 5.88. The van der Waals surface area contributed by atoms with E-state index in [4.69, 9.17) is 10.7 Å². The number of nitrogens with two attached hydrogens (primary N) is 1. The quantitative estimate of drug-likeness (QED) is 0.610. The first kappa shape index (κ1) is 21.1. The average Bonchev–Trinajstić information content (AvgIpc) is 3.11. The molecule has 29 heavy (non-hydrogen) atoms. The number of halogens is 1. The highest BCUT2D eigenvalue weighted by Crippen LogP contribution is 2.34. The number of nitrogens with zero attached hydrogens (tertiary/aromatic N) is 4. The third kappa shape index (κ3) is 5.46. The summed E-state index contributed by atoms with van der Waals surface area (Å²) < 4.78 is 16.0. The molecule has 0 aliphatic carbocycles. The van der Waals surface area contributed by atoms with Crippen molar-refractivity contribution in [2.24, 2.45) is 11.1 Å². The van der Waals surface area contributed by atoms with Crippen molar-refractivity contribution in [3.8, 4) is 11.4 Å². The fourth-order valence-corrected chi connectivity index (χ4v) is 3.24. The van der Waals surface area contributed by atoms with Crippen LogP contribution in [-0.2, 0) is 6.54 Å². The Morgan fingerprint density at radius 1 is 1.14 bits per heavy atom. The van der Waals surface area contributed by atoms with Crippen molar-refractivity contribution in [2.45, 2.75) is 39.5 Å². The maximum Gasteiger partial charge on any atom is 0.127 e. The molecule has 1 aromatic carbocycles. The zero-order valence-electron chi connectivity index (χ0n) is 17.2. The summed E-state index contributed by atoms with van der Waals surface area (Å²) in [6, 6.07) is 10.0. The lowest BCUT2D eigenvalue weighted by Crippen LogP contribution is -2.39. The molecular formula is C22H29FN6. The van der Waals surface area contributed by atoms with Gasteiger partial charge in [-0.1, -0.05) is 51.1 Å². The van der Waals surface area contributed by atoms with E-state index in [1.54, 1.807) is 18.6 Å². The third-order valence-electron chi connectivity index (χ3n) is 4.75. The summed E-state index contributed by atoms with van der Waals surface area (Å²) in [5.41, 5.74) is 7.90. The minimum atomic E-state index is -1.10. The smallest absolute Gasteiger partial charge is 0.127 e. The normalized spacial score (nSPS) is 14.0. The summed E-state index contributed by atoms with van der Waals surface area (Å²) in [6.45, 7) is 7.18. The summed E-state index contributed by atoms with van der Waals surface area (Å²) in [7, 11) is 0. The minimum Gasteiger partial charge on any atom is -0.328 e. The van der Waals surface area contributed by atoms with Crippen LogP contribution in [0.2, 0.25) is 0 Å². The lowest BCUT2D eigenvalue weighted by Gasteiger charge is -2.32. The monoisotopic (exact) mass is 396 g/mol. The SMILES string of the molecule is CC(C)(C)[C@@H](NC[C@H](F)CN)c1nc(-c2cnccn2)cn1Cc1ccccc1. The van der Waals surface area contributed by atoms with Gasteiger partial charge in [-0.05, 0) is 11.0 Å². The van der Waals surface area contributed by atoms with Crippen LogP contribution in [0, 0.1) is 5.41 Å². The minimum absolute atomic E-state index is 0.00677. The molecular weight excluding hydrogens is 367 g/mol. The molecule has 2 heterocycles. The molecule has 154 valence electrons. The number of imidazole rings is 1. The molecule has 0 aliphatic heterocycles. The highest BCUT2D eigenvalue weighted by molar-refractivity contribution is 5.52. The topological polar surface area (TPSA) is 81.7 Å². The van der Waals surface area contributed by atoms with E-state index in [1.807, 2.05) is 24.4 Å². The summed E-state index contributed by atoms with van der Waals surface area (Å²) in [5.74, 6) is 0.839. The Morgan fingerprint density at radius 3 is 2.52 bits per heavy atom. The molecule has 3 aromatic rings. The second-order valence-electron chi connectivity index (χ2n) is 8.23. The van der Waals surface area contributed by atoms with E-state index in [-0.39, 0.29) is 24.5 Å². The van der Waals surface area contributed by atoms with Crippen LogP contribution in [0.3, 0.4) is 0 Å². The first-order valence-corrected chi connectivity index (χ1v) is 9.83. The maximum atomic E-state index is 13.9. The highest BCUT2D eigenvalue weighted by Gasteiger charge is 2.31. The number of alkyl halides is 1. The molecule has 2 atom stereocenters.